The topological polar surface area (TPSA) is 56.5 Å². The second-order valence-corrected chi connectivity index (χ2v) is 2.48. The molecule has 1 aromatic rings. The van der Waals surface area contributed by atoms with Gasteiger partial charge in [-0.05, 0) is 0 Å². The molecule has 0 unspecified atom stereocenters. The maximum atomic E-state index is 11.2. The molecule has 70 valence electrons. The monoisotopic (exact) mass is 182 g/mol. The highest BCUT2D eigenvalue weighted by Crippen LogP contribution is 2.12. The summed E-state index contributed by atoms with van der Waals surface area (Å²) in [5.41, 5.74) is -0.335. The molecule has 0 spiro atoms. The Morgan fingerprint density at radius 3 is 2.85 bits per heavy atom. The van der Waals surface area contributed by atoms with Crippen LogP contribution < -0.4 is 10.2 Å². The average molecular weight is 182 g/mol. The Balaban J connectivity index is 3.15. The van der Waals surface area contributed by atoms with Crippen LogP contribution in [0, 0.1) is 0 Å². The van der Waals surface area contributed by atoms with Gasteiger partial charge in [-0.1, -0.05) is 6.92 Å². The van der Waals surface area contributed by atoms with Crippen molar-refractivity contribution < 1.29 is 13.9 Å². The predicted molar refractivity (Wildman–Crippen MR) is 45.7 cm³/mol. The zero-order chi connectivity index (χ0) is 9.84. The number of esters is 1. The van der Waals surface area contributed by atoms with Gasteiger partial charge in [0, 0.05) is 19.4 Å². The fourth-order valence-electron chi connectivity index (χ4n) is 0.939. The van der Waals surface area contributed by atoms with Gasteiger partial charge in [-0.3, -0.25) is 9.59 Å². The summed E-state index contributed by atoms with van der Waals surface area (Å²) in [6.45, 7) is 3.05. The number of aryl methyl sites for hydroxylation is 1. The van der Waals surface area contributed by atoms with Crippen molar-refractivity contribution in [1.29, 1.82) is 0 Å². The van der Waals surface area contributed by atoms with Crippen LogP contribution in [0.3, 0.4) is 0 Å². The Labute approximate surface area is 75.1 Å². The molecule has 0 aliphatic rings. The third-order valence-corrected chi connectivity index (χ3v) is 1.47. The Bertz CT molecular complexity index is 364. The van der Waals surface area contributed by atoms with Gasteiger partial charge in [0.25, 0.3) is 0 Å². The summed E-state index contributed by atoms with van der Waals surface area (Å²) in [5, 5.41) is 0. The highest BCUT2D eigenvalue weighted by atomic mass is 16.5. The minimum absolute atomic E-state index is 0.00231. The molecule has 0 saturated heterocycles. The van der Waals surface area contributed by atoms with E-state index < -0.39 is 5.97 Å². The van der Waals surface area contributed by atoms with Crippen molar-refractivity contribution in [2.24, 2.45) is 0 Å². The van der Waals surface area contributed by atoms with E-state index in [0.29, 0.717) is 12.2 Å². The van der Waals surface area contributed by atoms with Crippen LogP contribution in [0.25, 0.3) is 0 Å². The quantitative estimate of drug-likeness (QED) is 0.643. The number of hydrogen-bond donors (Lipinski definition) is 0. The summed E-state index contributed by atoms with van der Waals surface area (Å²) in [6, 6.07) is 1.22. The number of hydrogen-bond acceptors (Lipinski definition) is 4. The second-order valence-electron chi connectivity index (χ2n) is 2.48. The number of ether oxygens (including phenoxy) is 1. The van der Waals surface area contributed by atoms with E-state index in [2.05, 4.69) is 0 Å². The van der Waals surface area contributed by atoms with Gasteiger partial charge in [-0.25, -0.2) is 0 Å². The molecule has 13 heavy (non-hydrogen) atoms. The van der Waals surface area contributed by atoms with Crippen LogP contribution in [0.1, 0.15) is 19.6 Å². The van der Waals surface area contributed by atoms with Gasteiger partial charge in [0.1, 0.15) is 5.76 Å². The largest absolute Gasteiger partial charge is 0.465 e. The van der Waals surface area contributed by atoms with Crippen molar-refractivity contribution >= 4 is 5.97 Å². The Hall–Kier alpha value is -1.58. The van der Waals surface area contributed by atoms with E-state index >= 15 is 0 Å². The first-order valence-corrected chi connectivity index (χ1v) is 3.94. The van der Waals surface area contributed by atoms with Gasteiger partial charge < -0.3 is 9.15 Å². The minimum Gasteiger partial charge on any atom is -0.465 e. The van der Waals surface area contributed by atoms with E-state index in [-0.39, 0.29) is 11.2 Å². The molecule has 0 fully saturated rings. The molecule has 0 aliphatic heterocycles. The molecule has 0 saturated carbocycles. The maximum absolute atomic E-state index is 11.2. The molecule has 0 aromatic carbocycles. The summed E-state index contributed by atoms with van der Waals surface area (Å²) in [5.74, 6) is -0.131. The zero-order valence-corrected chi connectivity index (χ0v) is 7.49. The molecular weight excluding hydrogens is 172 g/mol. The molecule has 0 radical (unpaired) electrons. The molecule has 4 heteroatoms. The lowest BCUT2D eigenvalue weighted by molar-refractivity contribution is -0.132. The van der Waals surface area contributed by atoms with E-state index in [1.165, 1.54) is 19.3 Å². The molecule has 0 bridgehead atoms. The number of carbonyl (C=O) groups is 1. The highest BCUT2D eigenvalue weighted by Gasteiger charge is 2.10. The number of carbonyl (C=O) groups excluding carboxylic acids is 1. The van der Waals surface area contributed by atoms with Crippen LogP contribution in [0.15, 0.2) is 21.5 Å². The van der Waals surface area contributed by atoms with Gasteiger partial charge in [0.05, 0.1) is 6.26 Å². The van der Waals surface area contributed by atoms with Crippen LogP contribution in [0.4, 0.5) is 0 Å². The lowest BCUT2D eigenvalue weighted by Gasteiger charge is -2.03. The molecule has 1 aromatic heterocycles. The van der Waals surface area contributed by atoms with Crippen molar-refractivity contribution in [3.05, 3.63) is 28.3 Å². The Morgan fingerprint density at radius 2 is 2.31 bits per heavy atom. The van der Waals surface area contributed by atoms with E-state index in [4.69, 9.17) is 9.15 Å². The normalized spacial score (nSPS) is 9.69. The lowest BCUT2D eigenvalue weighted by Crippen LogP contribution is -2.12. The SMILES string of the molecule is CCc1occc(=O)c1OC(C)=O. The first-order valence-electron chi connectivity index (χ1n) is 3.94. The van der Waals surface area contributed by atoms with Crippen molar-refractivity contribution in [3.63, 3.8) is 0 Å². The molecule has 1 rings (SSSR count). The first kappa shape index (κ1) is 9.51. The van der Waals surface area contributed by atoms with E-state index in [1.54, 1.807) is 0 Å². The predicted octanol–water partition coefficient (Wildman–Crippen LogP) is 1.13. The van der Waals surface area contributed by atoms with Crippen molar-refractivity contribution in [2.45, 2.75) is 20.3 Å². The van der Waals surface area contributed by atoms with E-state index in [1.807, 2.05) is 6.92 Å². The maximum Gasteiger partial charge on any atom is 0.308 e. The Morgan fingerprint density at radius 1 is 1.62 bits per heavy atom. The van der Waals surface area contributed by atoms with Crippen LogP contribution in [-0.2, 0) is 11.2 Å². The molecular formula is C9H10O4. The van der Waals surface area contributed by atoms with Gasteiger partial charge in [-0.15, -0.1) is 0 Å². The minimum atomic E-state index is -0.520. The molecule has 4 nitrogen and oxygen atoms in total. The summed E-state index contributed by atoms with van der Waals surface area (Å²) >= 11 is 0. The highest BCUT2D eigenvalue weighted by molar-refractivity contribution is 5.69. The fraction of sp³-hybridized carbons (Fsp3) is 0.333. The lowest BCUT2D eigenvalue weighted by atomic mass is 10.3. The molecule has 0 atom stereocenters. The fourth-order valence-corrected chi connectivity index (χ4v) is 0.939. The van der Waals surface area contributed by atoms with Crippen LogP contribution >= 0.6 is 0 Å². The third kappa shape index (κ3) is 2.18. The van der Waals surface area contributed by atoms with Crippen LogP contribution in [0.2, 0.25) is 0 Å². The number of rotatable bonds is 2. The molecule has 1 heterocycles. The summed E-state index contributed by atoms with van der Waals surface area (Å²) in [6.07, 6.45) is 1.80. The molecule has 0 N–H and O–H groups in total. The average Bonchev–Trinajstić information content (AvgIpc) is 2.08. The zero-order valence-electron chi connectivity index (χ0n) is 7.49. The van der Waals surface area contributed by atoms with Gasteiger partial charge >= 0.3 is 5.97 Å². The molecule has 0 amide bonds. The van der Waals surface area contributed by atoms with Gasteiger partial charge in [0.2, 0.25) is 11.2 Å². The van der Waals surface area contributed by atoms with Gasteiger partial charge in [-0.2, -0.15) is 0 Å². The Kier molecular flexibility index (Phi) is 2.84. The smallest absolute Gasteiger partial charge is 0.308 e. The van der Waals surface area contributed by atoms with Crippen molar-refractivity contribution in [3.8, 4) is 5.75 Å². The standard InChI is InChI=1S/C9H10O4/c1-3-8-9(13-6(2)10)7(11)4-5-12-8/h4-5H,3H2,1-2H3. The van der Waals surface area contributed by atoms with Crippen molar-refractivity contribution in [1.82, 2.24) is 0 Å². The van der Waals surface area contributed by atoms with E-state index in [0.717, 1.165) is 0 Å². The van der Waals surface area contributed by atoms with Gasteiger partial charge in [0.15, 0.2) is 0 Å². The summed E-state index contributed by atoms with van der Waals surface area (Å²) in [7, 11) is 0. The summed E-state index contributed by atoms with van der Waals surface area (Å²) in [4.78, 5) is 21.8. The third-order valence-electron chi connectivity index (χ3n) is 1.47. The van der Waals surface area contributed by atoms with Crippen molar-refractivity contribution in [2.75, 3.05) is 0 Å². The first-order chi connectivity index (χ1) is 6.15. The van der Waals surface area contributed by atoms with Crippen LogP contribution in [-0.4, -0.2) is 5.97 Å². The summed E-state index contributed by atoms with van der Waals surface area (Å²) < 4.78 is 9.73. The molecule has 0 aliphatic carbocycles. The van der Waals surface area contributed by atoms with Crippen LogP contribution in [0.5, 0.6) is 5.75 Å². The second kappa shape index (κ2) is 3.89. The van der Waals surface area contributed by atoms with E-state index in [9.17, 15) is 9.59 Å².